The molecule has 0 saturated carbocycles. The molecule has 1 saturated heterocycles. The third kappa shape index (κ3) is 3.23. The van der Waals surface area contributed by atoms with E-state index in [2.05, 4.69) is 5.32 Å². The van der Waals surface area contributed by atoms with E-state index in [4.69, 9.17) is 4.74 Å². The van der Waals surface area contributed by atoms with Crippen molar-refractivity contribution < 1.29 is 9.53 Å². The number of carbonyl (C=O) groups is 1. The summed E-state index contributed by atoms with van der Waals surface area (Å²) >= 11 is 1.90. The second kappa shape index (κ2) is 6.07. The smallest absolute Gasteiger partial charge is 0.168 e. The predicted octanol–water partition coefficient (Wildman–Crippen LogP) is 1.97. The Labute approximate surface area is 106 Å². The lowest BCUT2D eigenvalue weighted by molar-refractivity contribution is 0.0969. The van der Waals surface area contributed by atoms with Crippen LogP contribution < -0.4 is 10.1 Å². The van der Waals surface area contributed by atoms with Gasteiger partial charge in [-0.1, -0.05) is 12.1 Å². The monoisotopic (exact) mass is 251 g/mol. The Hall–Kier alpha value is -1.00. The van der Waals surface area contributed by atoms with Crippen LogP contribution in [0.15, 0.2) is 24.3 Å². The van der Waals surface area contributed by atoms with E-state index in [0.29, 0.717) is 23.8 Å². The van der Waals surface area contributed by atoms with Gasteiger partial charge in [0.2, 0.25) is 0 Å². The van der Waals surface area contributed by atoms with Crippen molar-refractivity contribution in [3.63, 3.8) is 0 Å². The zero-order valence-electron chi connectivity index (χ0n) is 9.94. The highest BCUT2D eigenvalue weighted by Gasteiger charge is 2.19. The molecular formula is C13H17NO2S. The lowest BCUT2D eigenvalue weighted by Crippen LogP contribution is -2.38. The summed E-state index contributed by atoms with van der Waals surface area (Å²) in [5.74, 6) is 2.98. The number of thioether (sulfide) groups is 1. The van der Waals surface area contributed by atoms with Crippen LogP contribution in [0.25, 0.3) is 0 Å². The molecule has 0 radical (unpaired) electrons. The molecule has 1 atom stereocenters. The first-order valence-corrected chi connectivity index (χ1v) is 6.94. The van der Waals surface area contributed by atoms with E-state index in [9.17, 15) is 4.79 Å². The van der Waals surface area contributed by atoms with Crippen LogP contribution in [0, 0.1) is 0 Å². The minimum Gasteiger partial charge on any atom is -0.496 e. The van der Waals surface area contributed by atoms with Crippen LogP contribution in [-0.4, -0.2) is 37.0 Å². The molecule has 92 valence electrons. The van der Waals surface area contributed by atoms with Crippen LogP contribution in [0.1, 0.15) is 16.8 Å². The molecule has 0 aromatic heterocycles. The van der Waals surface area contributed by atoms with Gasteiger partial charge in [-0.05, 0) is 12.1 Å². The number of ether oxygens (including phenoxy) is 1. The van der Waals surface area contributed by atoms with Crippen molar-refractivity contribution >= 4 is 17.5 Å². The van der Waals surface area contributed by atoms with Crippen LogP contribution in [0.4, 0.5) is 0 Å². The Morgan fingerprint density at radius 1 is 1.53 bits per heavy atom. The highest BCUT2D eigenvalue weighted by Crippen LogP contribution is 2.21. The molecule has 1 aromatic carbocycles. The SMILES string of the molecule is COc1ccccc1C(=O)CC1CSCCN1. The third-order valence-corrected chi connectivity index (χ3v) is 3.97. The number of hydrogen-bond donors (Lipinski definition) is 1. The lowest BCUT2D eigenvalue weighted by atomic mass is 10.0. The van der Waals surface area contributed by atoms with Crippen molar-refractivity contribution in [1.29, 1.82) is 0 Å². The van der Waals surface area contributed by atoms with Crippen molar-refractivity contribution in [3.05, 3.63) is 29.8 Å². The van der Waals surface area contributed by atoms with Gasteiger partial charge in [0.15, 0.2) is 5.78 Å². The standard InChI is InChI=1S/C13H17NO2S/c1-16-13-5-3-2-4-11(13)12(15)8-10-9-17-7-6-14-10/h2-5,10,14H,6-9H2,1H3. The van der Waals surface area contributed by atoms with Crippen LogP contribution in [0.5, 0.6) is 5.75 Å². The average Bonchev–Trinajstić information content (AvgIpc) is 2.40. The summed E-state index contributed by atoms with van der Waals surface area (Å²) in [6, 6.07) is 7.71. The van der Waals surface area contributed by atoms with E-state index in [1.165, 1.54) is 0 Å². The summed E-state index contributed by atoms with van der Waals surface area (Å²) < 4.78 is 5.21. The van der Waals surface area contributed by atoms with Gasteiger partial charge < -0.3 is 10.1 Å². The second-order valence-electron chi connectivity index (χ2n) is 4.05. The molecule has 1 unspecified atom stereocenters. The number of rotatable bonds is 4. The van der Waals surface area contributed by atoms with E-state index < -0.39 is 0 Å². The van der Waals surface area contributed by atoms with Gasteiger partial charge in [0.05, 0.1) is 12.7 Å². The largest absolute Gasteiger partial charge is 0.496 e. The summed E-state index contributed by atoms with van der Waals surface area (Å²) in [6.45, 7) is 0.995. The number of methoxy groups -OCH3 is 1. The highest BCUT2D eigenvalue weighted by molar-refractivity contribution is 7.99. The van der Waals surface area contributed by atoms with Gasteiger partial charge in [-0.15, -0.1) is 0 Å². The summed E-state index contributed by atoms with van der Waals surface area (Å²) in [5, 5.41) is 3.37. The normalized spacial score (nSPS) is 19.9. The maximum atomic E-state index is 12.2. The van der Waals surface area contributed by atoms with E-state index in [-0.39, 0.29) is 5.78 Å². The summed E-state index contributed by atoms with van der Waals surface area (Å²) in [7, 11) is 1.60. The molecule has 3 nitrogen and oxygen atoms in total. The summed E-state index contributed by atoms with van der Waals surface area (Å²) in [4.78, 5) is 12.2. The fraction of sp³-hybridized carbons (Fsp3) is 0.462. The number of hydrogen-bond acceptors (Lipinski definition) is 4. The van der Waals surface area contributed by atoms with Gasteiger partial charge >= 0.3 is 0 Å². The van der Waals surface area contributed by atoms with E-state index in [0.717, 1.165) is 18.1 Å². The fourth-order valence-electron chi connectivity index (χ4n) is 1.96. The minimum absolute atomic E-state index is 0.155. The van der Waals surface area contributed by atoms with Crippen molar-refractivity contribution in [2.45, 2.75) is 12.5 Å². The van der Waals surface area contributed by atoms with Gasteiger partial charge in [-0.3, -0.25) is 4.79 Å². The molecule has 1 aliphatic rings. The quantitative estimate of drug-likeness (QED) is 0.830. The Balaban J connectivity index is 2.03. The number of nitrogens with one attached hydrogen (secondary N) is 1. The molecular weight excluding hydrogens is 234 g/mol. The van der Waals surface area contributed by atoms with Crippen LogP contribution >= 0.6 is 11.8 Å². The molecule has 1 heterocycles. The average molecular weight is 251 g/mol. The lowest BCUT2D eigenvalue weighted by Gasteiger charge is -2.22. The molecule has 2 rings (SSSR count). The van der Waals surface area contributed by atoms with Gasteiger partial charge in [0.25, 0.3) is 0 Å². The molecule has 1 fully saturated rings. The predicted molar refractivity (Wildman–Crippen MR) is 71.1 cm³/mol. The second-order valence-corrected chi connectivity index (χ2v) is 5.20. The van der Waals surface area contributed by atoms with E-state index in [1.54, 1.807) is 7.11 Å². The first-order valence-electron chi connectivity index (χ1n) is 5.78. The van der Waals surface area contributed by atoms with Crippen LogP contribution in [0.2, 0.25) is 0 Å². The van der Waals surface area contributed by atoms with Crippen LogP contribution in [0.3, 0.4) is 0 Å². The molecule has 0 aliphatic carbocycles. The first kappa shape index (κ1) is 12.5. The van der Waals surface area contributed by atoms with Crippen molar-refractivity contribution in [1.82, 2.24) is 5.32 Å². The Kier molecular flexibility index (Phi) is 4.45. The molecule has 4 heteroatoms. The van der Waals surface area contributed by atoms with Gasteiger partial charge in [-0.25, -0.2) is 0 Å². The minimum atomic E-state index is 0.155. The number of ketones is 1. The van der Waals surface area contributed by atoms with Gasteiger partial charge in [-0.2, -0.15) is 11.8 Å². The maximum absolute atomic E-state index is 12.2. The van der Waals surface area contributed by atoms with E-state index in [1.807, 2.05) is 36.0 Å². The molecule has 1 aliphatic heterocycles. The highest BCUT2D eigenvalue weighted by atomic mass is 32.2. The molecule has 17 heavy (non-hydrogen) atoms. The molecule has 1 N–H and O–H groups in total. The van der Waals surface area contributed by atoms with Gasteiger partial charge in [0.1, 0.15) is 5.75 Å². The Morgan fingerprint density at radius 3 is 3.06 bits per heavy atom. The zero-order valence-corrected chi connectivity index (χ0v) is 10.8. The summed E-state index contributed by atoms with van der Waals surface area (Å²) in [5.41, 5.74) is 0.687. The number of para-hydroxylation sites is 1. The molecule has 0 bridgehead atoms. The molecule has 0 spiro atoms. The summed E-state index contributed by atoms with van der Waals surface area (Å²) in [6.07, 6.45) is 0.549. The Bertz CT molecular complexity index is 389. The first-order chi connectivity index (χ1) is 8.31. The molecule has 0 amide bonds. The third-order valence-electron chi connectivity index (χ3n) is 2.84. The van der Waals surface area contributed by atoms with E-state index >= 15 is 0 Å². The fourth-order valence-corrected chi connectivity index (χ4v) is 2.91. The van der Waals surface area contributed by atoms with Gasteiger partial charge in [0, 0.05) is 30.5 Å². The number of carbonyl (C=O) groups excluding carboxylic acids is 1. The van der Waals surface area contributed by atoms with Crippen LogP contribution in [-0.2, 0) is 0 Å². The number of Topliss-reactive ketones (excluding diaryl/α,β-unsaturated/α-hetero) is 1. The Morgan fingerprint density at radius 2 is 2.35 bits per heavy atom. The van der Waals surface area contributed by atoms with Crippen molar-refractivity contribution in [3.8, 4) is 5.75 Å². The maximum Gasteiger partial charge on any atom is 0.168 e. The zero-order chi connectivity index (χ0) is 12.1. The van der Waals surface area contributed by atoms with Crippen molar-refractivity contribution in [2.75, 3.05) is 25.2 Å². The topological polar surface area (TPSA) is 38.3 Å². The molecule has 1 aromatic rings. The number of benzene rings is 1. The van der Waals surface area contributed by atoms with Crippen molar-refractivity contribution in [2.24, 2.45) is 0 Å².